The Morgan fingerprint density at radius 2 is 2.12 bits per heavy atom. The molecule has 0 aliphatic carbocycles. The van der Waals surface area contributed by atoms with Crippen molar-refractivity contribution in [2.45, 2.75) is 25.4 Å². The number of fused-ring (bicyclic) bond motifs is 1. The summed E-state index contributed by atoms with van der Waals surface area (Å²) in [5.74, 6) is -0.220. The molecular formula is C18H17BrN4O2S. The van der Waals surface area contributed by atoms with Crippen molar-refractivity contribution in [3.8, 4) is 0 Å². The fraction of sp³-hybridized carbons (Fsp3) is 0.278. The lowest BCUT2D eigenvalue weighted by Crippen LogP contribution is -2.45. The fourth-order valence-electron chi connectivity index (χ4n) is 3.20. The van der Waals surface area contributed by atoms with Gasteiger partial charge < -0.3 is 10.2 Å². The SMILES string of the molecule is O=C(NCc1cn2ccsc2n1)C1CCCN1C(=O)c1ccc(Br)cc1. The first-order valence-electron chi connectivity index (χ1n) is 8.37. The van der Waals surface area contributed by atoms with Gasteiger partial charge in [-0.25, -0.2) is 4.98 Å². The summed E-state index contributed by atoms with van der Waals surface area (Å²) >= 11 is 4.92. The van der Waals surface area contributed by atoms with Crippen LogP contribution in [0.3, 0.4) is 0 Å². The molecule has 6 nitrogen and oxygen atoms in total. The summed E-state index contributed by atoms with van der Waals surface area (Å²) in [6, 6.07) is 6.80. The molecule has 4 rings (SSSR count). The van der Waals surface area contributed by atoms with Crippen LogP contribution >= 0.6 is 27.3 Å². The summed E-state index contributed by atoms with van der Waals surface area (Å²) in [7, 11) is 0. The second-order valence-corrected chi connectivity index (χ2v) is 8.00. The molecule has 3 heterocycles. The standard InChI is InChI=1S/C18H17BrN4O2S/c19-13-5-3-12(4-6-13)17(25)23-7-1-2-15(23)16(24)20-10-14-11-22-8-9-26-18(22)21-14/h3-6,8-9,11,15H,1-2,7,10H2,(H,20,24). The molecule has 1 aliphatic heterocycles. The number of likely N-dealkylation sites (tertiary alicyclic amines) is 1. The number of nitrogens with one attached hydrogen (secondary N) is 1. The first-order valence-corrected chi connectivity index (χ1v) is 10.0. The van der Waals surface area contributed by atoms with Crippen LogP contribution in [0.5, 0.6) is 0 Å². The van der Waals surface area contributed by atoms with Gasteiger partial charge in [0.1, 0.15) is 6.04 Å². The highest BCUT2D eigenvalue weighted by atomic mass is 79.9. The maximum Gasteiger partial charge on any atom is 0.254 e. The molecular weight excluding hydrogens is 416 g/mol. The highest BCUT2D eigenvalue weighted by Crippen LogP contribution is 2.21. The number of hydrogen-bond acceptors (Lipinski definition) is 4. The molecule has 0 radical (unpaired) electrons. The van der Waals surface area contributed by atoms with E-state index in [0.717, 1.165) is 21.5 Å². The molecule has 0 bridgehead atoms. The lowest BCUT2D eigenvalue weighted by atomic mass is 10.1. The Hall–Kier alpha value is -2.19. The number of hydrogen-bond donors (Lipinski definition) is 1. The van der Waals surface area contributed by atoms with Gasteiger partial charge in [-0.1, -0.05) is 15.9 Å². The van der Waals surface area contributed by atoms with Crippen molar-refractivity contribution in [2.24, 2.45) is 0 Å². The zero-order valence-electron chi connectivity index (χ0n) is 13.9. The van der Waals surface area contributed by atoms with Gasteiger partial charge in [0.05, 0.1) is 12.2 Å². The lowest BCUT2D eigenvalue weighted by molar-refractivity contribution is -0.125. The van der Waals surface area contributed by atoms with Gasteiger partial charge in [0.2, 0.25) is 5.91 Å². The van der Waals surface area contributed by atoms with Crippen LogP contribution in [0.4, 0.5) is 0 Å². The first-order chi connectivity index (χ1) is 12.6. The van der Waals surface area contributed by atoms with E-state index in [1.54, 1.807) is 28.4 Å². The largest absolute Gasteiger partial charge is 0.349 e. The fourth-order valence-corrected chi connectivity index (χ4v) is 4.18. The van der Waals surface area contributed by atoms with Crippen LogP contribution in [0, 0.1) is 0 Å². The normalized spacial score (nSPS) is 17.0. The molecule has 8 heteroatoms. The van der Waals surface area contributed by atoms with Crippen LogP contribution in [0.1, 0.15) is 28.9 Å². The minimum atomic E-state index is -0.421. The number of rotatable bonds is 4. The summed E-state index contributed by atoms with van der Waals surface area (Å²) in [5, 5.41) is 4.89. The molecule has 134 valence electrons. The van der Waals surface area contributed by atoms with Crippen LogP contribution < -0.4 is 5.32 Å². The number of imidazole rings is 1. The van der Waals surface area contributed by atoms with Crippen molar-refractivity contribution < 1.29 is 9.59 Å². The van der Waals surface area contributed by atoms with Crippen LogP contribution in [0.25, 0.3) is 4.96 Å². The van der Waals surface area contributed by atoms with E-state index in [2.05, 4.69) is 26.2 Å². The topological polar surface area (TPSA) is 66.7 Å². The predicted molar refractivity (Wildman–Crippen MR) is 103 cm³/mol. The molecule has 1 N–H and O–H groups in total. The third-order valence-corrected chi connectivity index (χ3v) is 5.79. The Morgan fingerprint density at radius 3 is 2.88 bits per heavy atom. The van der Waals surface area contributed by atoms with Gasteiger partial charge in [-0.15, -0.1) is 11.3 Å². The van der Waals surface area contributed by atoms with E-state index >= 15 is 0 Å². The van der Waals surface area contributed by atoms with Gasteiger partial charge in [0, 0.05) is 34.4 Å². The van der Waals surface area contributed by atoms with E-state index in [9.17, 15) is 9.59 Å². The molecule has 1 saturated heterocycles. The molecule has 0 spiro atoms. The number of benzene rings is 1. The van der Waals surface area contributed by atoms with E-state index in [4.69, 9.17) is 0 Å². The molecule has 1 atom stereocenters. The van der Waals surface area contributed by atoms with Gasteiger partial charge >= 0.3 is 0 Å². The molecule has 1 fully saturated rings. The highest BCUT2D eigenvalue weighted by molar-refractivity contribution is 9.10. The Labute approximate surface area is 163 Å². The van der Waals surface area contributed by atoms with Crippen LogP contribution in [0.2, 0.25) is 0 Å². The molecule has 3 aromatic rings. The number of amides is 2. The average molecular weight is 433 g/mol. The average Bonchev–Trinajstić information content (AvgIpc) is 3.35. The third kappa shape index (κ3) is 3.39. The lowest BCUT2D eigenvalue weighted by Gasteiger charge is -2.24. The molecule has 2 aromatic heterocycles. The quantitative estimate of drug-likeness (QED) is 0.688. The van der Waals surface area contributed by atoms with Crippen molar-refractivity contribution in [3.63, 3.8) is 0 Å². The Bertz CT molecular complexity index is 921. The molecule has 1 aliphatic rings. The second kappa shape index (κ2) is 7.20. The number of carbonyl (C=O) groups excluding carboxylic acids is 2. The zero-order valence-corrected chi connectivity index (χ0v) is 16.3. The summed E-state index contributed by atoms with van der Waals surface area (Å²) in [5.41, 5.74) is 1.41. The van der Waals surface area contributed by atoms with Crippen molar-refractivity contribution in [1.82, 2.24) is 19.6 Å². The van der Waals surface area contributed by atoms with Crippen molar-refractivity contribution >= 4 is 44.0 Å². The van der Waals surface area contributed by atoms with Crippen LogP contribution in [-0.4, -0.2) is 38.7 Å². The van der Waals surface area contributed by atoms with Crippen LogP contribution in [-0.2, 0) is 11.3 Å². The number of nitrogens with zero attached hydrogens (tertiary/aromatic N) is 3. The monoisotopic (exact) mass is 432 g/mol. The summed E-state index contributed by atoms with van der Waals surface area (Å²) in [6.07, 6.45) is 5.37. The maximum absolute atomic E-state index is 12.7. The zero-order chi connectivity index (χ0) is 18.1. The Kier molecular flexibility index (Phi) is 4.78. The number of halogens is 1. The smallest absolute Gasteiger partial charge is 0.254 e. The van der Waals surface area contributed by atoms with Crippen molar-refractivity contribution in [2.75, 3.05) is 6.54 Å². The minimum Gasteiger partial charge on any atom is -0.349 e. The number of carbonyl (C=O) groups is 2. The van der Waals surface area contributed by atoms with Gasteiger partial charge in [-0.3, -0.25) is 14.0 Å². The third-order valence-electron chi connectivity index (χ3n) is 4.49. The van der Waals surface area contributed by atoms with Crippen molar-refractivity contribution in [3.05, 3.63) is 57.8 Å². The van der Waals surface area contributed by atoms with E-state index in [1.165, 1.54) is 0 Å². The molecule has 2 amide bonds. The van der Waals surface area contributed by atoms with Gasteiger partial charge in [0.25, 0.3) is 5.91 Å². The van der Waals surface area contributed by atoms with Gasteiger partial charge in [-0.05, 0) is 37.1 Å². The van der Waals surface area contributed by atoms with E-state index < -0.39 is 6.04 Å². The summed E-state index contributed by atoms with van der Waals surface area (Å²) in [4.78, 5) is 32.4. The van der Waals surface area contributed by atoms with E-state index in [0.29, 0.717) is 25.1 Å². The maximum atomic E-state index is 12.7. The number of thiazole rings is 1. The molecule has 26 heavy (non-hydrogen) atoms. The van der Waals surface area contributed by atoms with Crippen molar-refractivity contribution in [1.29, 1.82) is 0 Å². The van der Waals surface area contributed by atoms with Gasteiger partial charge in [-0.2, -0.15) is 0 Å². The van der Waals surface area contributed by atoms with E-state index in [-0.39, 0.29) is 11.8 Å². The molecule has 0 saturated carbocycles. The summed E-state index contributed by atoms with van der Waals surface area (Å²) < 4.78 is 2.86. The Balaban J connectivity index is 1.41. The second-order valence-electron chi connectivity index (χ2n) is 6.21. The molecule has 1 aromatic carbocycles. The summed E-state index contributed by atoms with van der Waals surface area (Å²) in [6.45, 7) is 0.969. The van der Waals surface area contributed by atoms with Crippen LogP contribution in [0.15, 0.2) is 46.5 Å². The highest BCUT2D eigenvalue weighted by Gasteiger charge is 2.34. The minimum absolute atomic E-state index is 0.0994. The molecule has 1 unspecified atom stereocenters. The van der Waals surface area contributed by atoms with E-state index in [1.807, 2.05) is 34.3 Å². The number of aromatic nitrogens is 2. The predicted octanol–water partition coefficient (Wildman–Crippen LogP) is 3.08. The Morgan fingerprint density at radius 1 is 1.31 bits per heavy atom. The first kappa shape index (κ1) is 17.2. The van der Waals surface area contributed by atoms with Gasteiger partial charge in [0.15, 0.2) is 4.96 Å².